The molecule has 2 N–H and O–H groups in total. The van der Waals surface area contributed by atoms with Crippen LogP contribution in [0.2, 0.25) is 0 Å². The number of nitrogens with one attached hydrogen (secondary N) is 1. The molecule has 1 fully saturated rings. The predicted octanol–water partition coefficient (Wildman–Crippen LogP) is 2.13. The Morgan fingerprint density at radius 3 is 2.87 bits per heavy atom. The fraction of sp³-hybridized carbons (Fsp3) is 0.529. The number of piperidine rings is 1. The Hall–Kier alpha value is -2.08. The fourth-order valence-corrected chi connectivity index (χ4v) is 2.94. The lowest BCUT2D eigenvalue weighted by Gasteiger charge is -2.32. The Bertz CT molecular complexity index is 593. The van der Waals surface area contributed by atoms with Crippen molar-refractivity contribution in [3.05, 3.63) is 36.8 Å². The highest BCUT2D eigenvalue weighted by atomic mass is 16.3. The number of aromatic nitrogens is 3. The Labute approximate surface area is 137 Å². The van der Waals surface area contributed by atoms with E-state index in [0.29, 0.717) is 6.04 Å². The molecule has 1 saturated heterocycles. The van der Waals surface area contributed by atoms with Crippen LogP contribution in [-0.4, -0.2) is 45.1 Å². The summed E-state index contributed by atoms with van der Waals surface area (Å²) in [6, 6.07) is 6.32. The molecule has 0 radical (unpaired) electrons. The number of pyridine rings is 1. The molecule has 0 aliphatic carbocycles. The molecular weight excluding hydrogens is 290 g/mol. The van der Waals surface area contributed by atoms with Crippen LogP contribution in [0.5, 0.6) is 0 Å². The predicted molar refractivity (Wildman–Crippen MR) is 91.6 cm³/mol. The summed E-state index contributed by atoms with van der Waals surface area (Å²) in [6.07, 6.45) is 8.08. The molecule has 1 atom stereocenters. The van der Waals surface area contributed by atoms with Gasteiger partial charge in [-0.2, -0.15) is 5.10 Å². The van der Waals surface area contributed by atoms with Crippen LogP contribution in [0.3, 0.4) is 0 Å². The van der Waals surface area contributed by atoms with Crippen LogP contribution in [0, 0.1) is 0 Å². The van der Waals surface area contributed by atoms with Crippen molar-refractivity contribution in [2.75, 3.05) is 23.3 Å². The third-order valence-corrected chi connectivity index (χ3v) is 4.30. The zero-order valence-corrected chi connectivity index (χ0v) is 13.6. The van der Waals surface area contributed by atoms with Gasteiger partial charge in [-0.25, -0.2) is 4.98 Å². The van der Waals surface area contributed by atoms with Gasteiger partial charge in [0.1, 0.15) is 0 Å². The minimum atomic E-state index is -0.167. The summed E-state index contributed by atoms with van der Waals surface area (Å²) in [6.45, 7) is 4.79. The zero-order chi connectivity index (χ0) is 16.1. The van der Waals surface area contributed by atoms with Crippen molar-refractivity contribution in [3.63, 3.8) is 0 Å². The van der Waals surface area contributed by atoms with Gasteiger partial charge in [-0.1, -0.05) is 0 Å². The Balaban J connectivity index is 1.60. The van der Waals surface area contributed by atoms with Gasteiger partial charge in [0.25, 0.3) is 0 Å². The van der Waals surface area contributed by atoms with Gasteiger partial charge in [0.15, 0.2) is 5.82 Å². The summed E-state index contributed by atoms with van der Waals surface area (Å²) in [7, 11) is 0. The van der Waals surface area contributed by atoms with Crippen LogP contribution in [0.15, 0.2) is 36.8 Å². The van der Waals surface area contributed by atoms with E-state index in [4.69, 9.17) is 0 Å². The van der Waals surface area contributed by atoms with E-state index >= 15 is 0 Å². The van der Waals surface area contributed by atoms with Gasteiger partial charge in [-0.3, -0.25) is 4.68 Å². The number of anilines is 2. The normalized spacial score (nSPS) is 17.2. The molecule has 0 aromatic carbocycles. The lowest BCUT2D eigenvalue weighted by atomic mass is 10.1. The minimum absolute atomic E-state index is 0.167. The van der Waals surface area contributed by atoms with Crippen molar-refractivity contribution < 1.29 is 5.11 Å². The number of aliphatic hydroxyl groups is 1. The van der Waals surface area contributed by atoms with Crippen molar-refractivity contribution in [2.24, 2.45) is 0 Å². The largest absolute Gasteiger partial charge is 0.393 e. The average molecular weight is 315 g/mol. The average Bonchev–Trinajstić information content (AvgIpc) is 3.08. The monoisotopic (exact) mass is 315 g/mol. The lowest BCUT2D eigenvalue weighted by molar-refractivity contribution is 0.145. The maximum atomic E-state index is 9.68. The summed E-state index contributed by atoms with van der Waals surface area (Å²) in [5.41, 5.74) is 1.07. The van der Waals surface area contributed by atoms with Crippen LogP contribution in [-0.2, 0) is 6.54 Å². The summed E-state index contributed by atoms with van der Waals surface area (Å²) in [5, 5.41) is 17.5. The SMILES string of the molecule is CC(CCn1cccn1)Nc1cccnc1N1CCC(O)CC1. The van der Waals surface area contributed by atoms with Crippen LogP contribution in [0.1, 0.15) is 26.2 Å². The second-order valence-corrected chi connectivity index (χ2v) is 6.20. The second kappa shape index (κ2) is 7.46. The molecule has 0 amide bonds. The van der Waals surface area contributed by atoms with Gasteiger partial charge in [-0.05, 0) is 44.4 Å². The van der Waals surface area contributed by atoms with E-state index in [1.165, 1.54) is 0 Å². The molecule has 2 aromatic heterocycles. The van der Waals surface area contributed by atoms with Crippen molar-refractivity contribution in [2.45, 2.75) is 44.9 Å². The van der Waals surface area contributed by atoms with Crippen LogP contribution < -0.4 is 10.2 Å². The Morgan fingerprint density at radius 2 is 2.13 bits per heavy atom. The molecule has 1 unspecified atom stereocenters. The van der Waals surface area contributed by atoms with Crippen molar-refractivity contribution in [1.29, 1.82) is 0 Å². The topological polar surface area (TPSA) is 66.2 Å². The van der Waals surface area contributed by atoms with Gasteiger partial charge < -0.3 is 15.3 Å². The molecule has 0 spiro atoms. The highest BCUT2D eigenvalue weighted by molar-refractivity contribution is 5.65. The molecular formula is C17H25N5O. The number of nitrogens with zero attached hydrogens (tertiary/aromatic N) is 4. The van der Waals surface area contributed by atoms with Crippen molar-refractivity contribution in [3.8, 4) is 0 Å². The van der Waals surface area contributed by atoms with Gasteiger partial charge in [-0.15, -0.1) is 0 Å². The number of aliphatic hydroxyl groups excluding tert-OH is 1. The summed E-state index contributed by atoms with van der Waals surface area (Å²) < 4.78 is 1.95. The highest BCUT2D eigenvalue weighted by Gasteiger charge is 2.20. The molecule has 0 bridgehead atoms. The molecule has 23 heavy (non-hydrogen) atoms. The van der Waals surface area contributed by atoms with Crippen molar-refractivity contribution in [1.82, 2.24) is 14.8 Å². The third-order valence-electron chi connectivity index (χ3n) is 4.30. The van der Waals surface area contributed by atoms with Crippen LogP contribution in [0.4, 0.5) is 11.5 Å². The van der Waals surface area contributed by atoms with E-state index < -0.39 is 0 Å². The number of hydrogen-bond donors (Lipinski definition) is 2. The van der Waals surface area contributed by atoms with E-state index in [1.54, 1.807) is 0 Å². The molecule has 0 saturated carbocycles. The minimum Gasteiger partial charge on any atom is -0.393 e. The van der Waals surface area contributed by atoms with E-state index in [2.05, 4.69) is 33.3 Å². The Kier molecular flexibility index (Phi) is 5.12. The van der Waals surface area contributed by atoms with Gasteiger partial charge >= 0.3 is 0 Å². The first-order valence-electron chi connectivity index (χ1n) is 8.34. The van der Waals surface area contributed by atoms with E-state index in [-0.39, 0.29) is 6.10 Å². The molecule has 3 rings (SSSR count). The maximum Gasteiger partial charge on any atom is 0.151 e. The van der Waals surface area contributed by atoms with E-state index in [0.717, 1.165) is 50.4 Å². The quantitative estimate of drug-likeness (QED) is 0.855. The first-order valence-corrected chi connectivity index (χ1v) is 8.34. The Morgan fingerprint density at radius 1 is 1.30 bits per heavy atom. The van der Waals surface area contributed by atoms with Crippen molar-refractivity contribution >= 4 is 11.5 Å². The number of hydrogen-bond acceptors (Lipinski definition) is 5. The van der Waals surface area contributed by atoms with Gasteiger partial charge in [0.05, 0.1) is 11.8 Å². The van der Waals surface area contributed by atoms with Crippen LogP contribution in [0.25, 0.3) is 0 Å². The molecule has 6 nitrogen and oxygen atoms in total. The first-order chi connectivity index (χ1) is 11.2. The summed E-state index contributed by atoms with van der Waals surface area (Å²) in [4.78, 5) is 6.81. The lowest BCUT2D eigenvalue weighted by Crippen LogP contribution is -2.37. The molecule has 2 aromatic rings. The number of rotatable bonds is 6. The fourth-order valence-electron chi connectivity index (χ4n) is 2.94. The third kappa shape index (κ3) is 4.22. The molecule has 6 heteroatoms. The molecule has 1 aliphatic heterocycles. The van der Waals surface area contributed by atoms with E-state index in [9.17, 15) is 5.11 Å². The smallest absolute Gasteiger partial charge is 0.151 e. The first kappa shape index (κ1) is 15.8. The zero-order valence-electron chi connectivity index (χ0n) is 13.6. The molecule has 3 heterocycles. The maximum absolute atomic E-state index is 9.68. The molecule has 1 aliphatic rings. The van der Waals surface area contributed by atoms with Gasteiger partial charge in [0, 0.05) is 44.3 Å². The summed E-state index contributed by atoms with van der Waals surface area (Å²) in [5.74, 6) is 0.991. The summed E-state index contributed by atoms with van der Waals surface area (Å²) >= 11 is 0. The van der Waals surface area contributed by atoms with Gasteiger partial charge in [0.2, 0.25) is 0 Å². The van der Waals surface area contributed by atoms with Crippen LogP contribution >= 0.6 is 0 Å². The molecule has 124 valence electrons. The van der Waals surface area contributed by atoms with E-state index in [1.807, 2.05) is 35.4 Å². The standard InChI is InChI=1S/C17H25N5O/c1-14(5-13-22-10-3-9-19-22)20-16-4-2-8-18-17(16)21-11-6-15(23)7-12-21/h2-4,8-10,14-15,20,23H,5-7,11-13H2,1H3. The second-order valence-electron chi connectivity index (χ2n) is 6.20. The highest BCUT2D eigenvalue weighted by Crippen LogP contribution is 2.26. The number of aryl methyl sites for hydroxylation is 1.